The standard InChI is InChI=1S/C28H34FNO/c1-18-4-5-22-15-23(11-10-21(22)14-18)24-12-13-25(26(29)16-24)19-6-8-20(9-7-19)27-30-28(2,3)17-31-27/h6-9,12-13,16,18,21-23H,4-5,10-11,14-15,17H2,1-3H3. The Kier molecular flexibility index (Phi) is 5.40. The fourth-order valence-corrected chi connectivity index (χ4v) is 5.97. The van der Waals surface area contributed by atoms with Gasteiger partial charge in [0.25, 0.3) is 0 Å². The van der Waals surface area contributed by atoms with E-state index in [1.54, 1.807) is 6.07 Å². The number of nitrogens with zero attached hydrogens (tertiary/aromatic N) is 1. The maximum atomic E-state index is 15.1. The minimum Gasteiger partial charge on any atom is -0.475 e. The van der Waals surface area contributed by atoms with Crippen LogP contribution in [0.15, 0.2) is 47.5 Å². The molecule has 1 aliphatic heterocycles. The van der Waals surface area contributed by atoms with E-state index in [9.17, 15) is 0 Å². The van der Waals surface area contributed by atoms with Gasteiger partial charge in [-0.05, 0) is 98.9 Å². The van der Waals surface area contributed by atoms with Gasteiger partial charge in [0.15, 0.2) is 0 Å². The first kappa shape index (κ1) is 20.7. The van der Waals surface area contributed by atoms with Crippen molar-refractivity contribution in [1.82, 2.24) is 0 Å². The lowest BCUT2D eigenvalue weighted by Gasteiger charge is -2.41. The first-order valence-corrected chi connectivity index (χ1v) is 12.0. The van der Waals surface area contributed by atoms with Gasteiger partial charge in [-0.2, -0.15) is 0 Å². The average molecular weight is 420 g/mol. The summed E-state index contributed by atoms with van der Waals surface area (Å²) in [6, 6.07) is 13.8. The summed E-state index contributed by atoms with van der Waals surface area (Å²) in [6.07, 6.45) is 7.89. The molecule has 1 heterocycles. The highest BCUT2D eigenvalue weighted by Gasteiger charge is 2.35. The summed E-state index contributed by atoms with van der Waals surface area (Å²) in [6.45, 7) is 7.12. The third-order valence-corrected chi connectivity index (χ3v) is 7.75. The summed E-state index contributed by atoms with van der Waals surface area (Å²) in [4.78, 5) is 4.63. The van der Waals surface area contributed by atoms with Crippen LogP contribution in [0.3, 0.4) is 0 Å². The van der Waals surface area contributed by atoms with Gasteiger partial charge in [-0.1, -0.05) is 37.6 Å². The molecule has 0 radical (unpaired) electrons. The third kappa shape index (κ3) is 4.29. The molecule has 3 heteroatoms. The topological polar surface area (TPSA) is 21.6 Å². The van der Waals surface area contributed by atoms with Crippen LogP contribution in [0.25, 0.3) is 11.1 Å². The molecule has 4 unspecified atom stereocenters. The highest BCUT2D eigenvalue weighted by Crippen LogP contribution is 2.47. The fourth-order valence-electron chi connectivity index (χ4n) is 5.97. The van der Waals surface area contributed by atoms with Gasteiger partial charge in [-0.3, -0.25) is 0 Å². The summed E-state index contributed by atoms with van der Waals surface area (Å²) in [7, 11) is 0. The van der Waals surface area contributed by atoms with Crippen molar-refractivity contribution in [2.24, 2.45) is 22.7 Å². The monoisotopic (exact) mass is 419 g/mol. The molecular formula is C28H34FNO. The number of ether oxygens (including phenoxy) is 1. The van der Waals surface area contributed by atoms with Crippen LogP contribution in [-0.4, -0.2) is 18.0 Å². The molecule has 0 amide bonds. The van der Waals surface area contributed by atoms with Crippen molar-refractivity contribution in [3.05, 3.63) is 59.4 Å². The van der Waals surface area contributed by atoms with Gasteiger partial charge < -0.3 is 4.74 Å². The molecule has 0 spiro atoms. The van der Waals surface area contributed by atoms with Crippen LogP contribution in [0.1, 0.15) is 76.3 Å². The van der Waals surface area contributed by atoms with Gasteiger partial charge in [-0.25, -0.2) is 9.38 Å². The Hall–Kier alpha value is -2.16. The molecule has 0 N–H and O–H groups in total. The zero-order valence-electron chi connectivity index (χ0n) is 19.0. The Labute approximate surface area is 185 Å². The first-order chi connectivity index (χ1) is 14.9. The maximum Gasteiger partial charge on any atom is 0.216 e. The van der Waals surface area contributed by atoms with Gasteiger partial charge in [-0.15, -0.1) is 0 Å². The van der Waals surface area contributed by atoms with Crippen LogP contribution in [0.2, 0.25) is 0 Å². The van der Waals surface area contributed by atoms with Gasteiger partial charge in [0.1, 0.15) is 12.4 Å². The van der Waals surface area contributed by atoms with E-state index in [-0.39, 0.29) is 11.4 Å². The molecule has 164 valence electrons. The predicted octanol–water partition coefficient (Wildman–Crippen LogP) is 7.37. The summed E-state index contributed by atoms with van der Waals surface area (Å²) < 4.78 is 20.9. The Balaban J connectivity index is 1.31. The Morgan fingerprint density at radius 3 is 2.32 bits per heavy atom. The molecule has 4 atom stereocenters. The van der Waals surface area contributed by atoms with Crippen molar-refractivity contribution in [3.63, 3.8) is 0 Å². The average Bonchev–Trinajstić information content (AvgIpc) is 3.13. The highest BCUT2D eigenvalue weighted by molar-refractivity contribution is 5.95. The number of halogens is 1. The number of benzene rings is 2. The van der Waals surface area contributed by atoms with Crippen LogP contribution in [0.5, 0.6) is 0 Å². The van der Waals surface area contributed by atoms with Crippen LogP contribution >= 0.6 is 0 Å². The molecule has 2 aromatic rings. The smallest absolute Gasteiger partial charge is 0.216 e. The van der Waals surface area contributed by atoms with Gasteiger partial charge >= 0.3 is 0 Å². The number of hydrogen-bond acceptors (Lipinski definition) is 2. The normalized spacial score (nSPS) is 29.7. The van der Waals surface area contributed by atoms with Crippen LogP contribution in [0.4, 0.5) is 4.39 Å². The van der Waals surface area contributed by atoms with Crippen molar-refractivity contribution in [2.45, 2.75) is 70.8 Å². The summed E-state index contributed by atoms with van der Waals surface area (Å²) in [5.74, 6) is 3.72. The van der Waals surface area contributed by atoms with Crippen molar-refractivity contribution < 1.29 is 9.13 Å². The molecule has 2 nitrogen and oxygen atoms in total. The molecule has 2 saturated carbocycles. The number of hydrogen-bond donors (Lipinski definition) is 0. The molecule has 2 aliphatic carbocycles. The summed E-state index contributed by atoms with van der Waals surface area (Å²) in [5.41, 5.74) is 3.53. The van der Waals surface area contributed by atoms with Crippen LogP contribution in [-0.2, 0) is 4.74 Å². The lowest BCUT2D eigenvalue weighted by atomic mass is 9.64. The Morgan fingerprint density at radius 1 is 0.903 bits per heavy atom. The van der Waals surface area contributed by atoms with Crippen molar-refractivity contribution in [1.29, 1.82) is 0 Å². The third-order valence-electron chi connectivity index (χ3n) is 7.75. The molecule has 0 bridgehead atoms. The lowest BCUT2D eigenvalue weighted by Crippen LogP contribution is -2.29. The fraction of sp³-hybridized carbons (Fsp3) is 0.536. The number of rotatable bonds is 3. The second kappa shape index (κ2) is 8.07. The highest BCUT2D eigenvalue weighted by atomic mass is 19.1. The quantitative estimate of drug-likeness (QED) is 0.509. The van der Waals surface area contributed by atoms with Crippen molar-refractivity contribution >= 4 is 5.90 Å². The van der Waals surface area contributed by atoms with Gasteiger partial charge in [0.05, 0.1) is 5.54 Å². The molecule has 31 heavy (non-hydrogen) atoms. The van der Waals surface area contributed by atoms with Gasteiger partial charge in [0, 0.05) is 11.1 Å². The van der Waals surface area contributed by atoms with E-state index < -0.39 is 0 Å². The van der Waals surface area contributed by atoms with E-state index in [2.05, 4.69) is 31.8 Å². The summed E-state index contributed by atoms with van der Waals surface area (Å²) >= 11 is 0. The van der Waals surface area contributed by atoms with E-state index in [1.165, 1.54) is 44.1 Å². The molecule has 3 aliphatic rings. The Morgan fingerprint density at radius 2 is 1.61 bits per heavy atom. The Bertz CT molecular complexity index is 977. The molecule has 2 fully saturated rings. The minimum absolute atomic E-state index is 0.111. The van der Waals surface area contributed by atoms with E-state index >= 15 is 4.39 Å². The maximum absolute atomic E-state index is 15.1. The van der Waals surface area contributed by atoms with Crippen LogP contribution in [0, 0.1) is 23.6 Å². The van der Waals surface area contributed by atoms with Crippen molar-refractivity contribution in [2.75, 3.05) is 6.61 Å². The second-order valence-electron chi connectivity index (χ2n) is 10.8. The number of aliphatic imine (C=N–C) groups is 1. The van der Waals surface area contributed by atoms with Crippen LogP contribution < -0.4 is 0 Å². The van der Waals surface area contributed by atoms with E-state index in [0.717, 1.165) is 28.9 Å². The number of fused-ring (bicyclic) bond motifs is 1. The summed E-state index contributed by atoms with van der Waals surface area (Å²) in [5, 5.41) is 0. The first-order valence-electron chi connectivity index (χ1n) is 12.0. The molecule has 2 aromatic carbocycles. The van der Waals surface area contributed by atoms with Crippen molar-refractivity contribution in [3.8, 4) is 11.1 Å². The minimum atomic E-state index is -0.176. The van der Waals surface area contributed by atoms with Gasteiger partial charge in [0.2, 0.25) is 5.90 Å². The SMILES string of the molecule is CC1CCC2CC(c3ccc(-c4ccc(C5=NC(C)(C)CO5)cc4)c(F)c3)CCC2C1. The largest absolute Gasteiger partial charge is 0.475 e. The zero-order chi connectivity index (χ0) is 21.6. The molecule has 0 saturated heterocycles. The molecule has 5 rings (SSSR count). The van der Waals surface area contributed by atoms with E-state index in [0.29, 0.717) is 24.0 Å². The second-order valence-corrected chi connectivity index (χ2v) is 10.8. The molecule has 0 aromatic heterocycles. The van der Waals surface area contributed by atoms with E-state index in [1.807, 2.05) is 30.3 Å². The predicted molar refractivity (Wildman–Crippen MR) is 125 cm³/mol. The zero-order valence-corrected chi connectivity index (χ0v) is 19.0. The van der Waals surface area contributed by atoms with E-state index in [4.69, 9.17) is 4.74 Å². The lowest BCUT2D eigenvalue weighted by molar-refractivity contribution is 0.124. The molecular weight excluding hydrogens is 385 g/mol.